The third-order valence-corrected chi connectivity index (χ3v) is 7.57. The molecule has 2 atom stereocenters. The quantitative estimate of drug-likeness (QED) is 0.375. The molecule has 13 heteroatoms. The lowest BCUT2D eigenvalue weighted by molar-refractivity contribution is -0.141. The Hall–Kier alpha value is -3.45. The third-order valence-electron chi connectivity index (χ3n) is 7.57. The molecular weight excluding hydrogens is 511 g/mol. The smallest absolute Gasteiger partial charge is 0.364 e. The summed E-state index contributed by atoms with van der Waals surface area (Å²) in [6.45, 7) is 3.73. The summed E-state index contributed by atoms with van der Waals surface area (Å²) in [5.41, 5.74) is 3.76. The first-order valence-corrected chi connectivity index (χ1v) is 13.3. The van der Waals surface area contributed by atoms with Gasteiger partial charge in [0.25, 0.3) is 0 Å². The highest BCUT2D eigenvalue weighted by molar-refractivity contribution is 5.99. The molecule has 208 valence electrons. The first kappa shape index (κ1) is 25.8. The second-order valence-corrected chi connectivity index (χ2v) is 10.5. The van der Waals surface area contributed by atoms with Crippen LogP contribution in [0.15, 0.2) is 30.6 Å². The van der Waals surface area contributed by atoms with Crippen molar-refractivity contribution in [1.29, 1.82) is 0 Å². The van der Waals surface area contributed by atoms with Crippen molar-refractivity contribution in [3.8, 4) is 22.8 Å². The molecule has 6 rings (SSSR count). The van der Waals surface area contributed by atoms with Crippen molar-refractivity contribution in [2.24, 2.45) is 7.05 Å². The van der Waals surface area contributed by atoms with Crippen molar-refractivity contribution in [2.75, 3.05) is 38.2 Å². The van der Waals surface area contributed by atoms with E-state index in [9.17, 15) is 13.2 Å². The lowest BCUT2D eigenvalue weighted by atomic mass is 10.1. The number of rotatable bonds is 5. The number of alkyl halides is 3. The van der Waals surface area contributed by atoms with Crippen molar-refractivity contribution < 1.29 is 17.9 Å². The van der Waals surface area contributed by atoms with Crippen LogP contribution in [0.4, 0.5) is 18.9 Å². The van der Waals surface area contributed by atoms with Crippen molar-refractivity contribution in [3.05, 3.63) is 30.6 Å². The number of halogens is 3. The van der Waals surface area contributed by atoms with Crippen LogP contribution in [0, 0.1) is 0 Å². The molecule has 2 aliphatic heterocycles. The highest BCUT2D eigenvalue weighted by atomic mass is 19.4. The van der Waals surface area contributed by atoms with Gasteiger partial charge in [0.05, 0.1) is 22.8 Å². The maximum Gasteiger partial charge on any atom is 0.408 e. The van der Waals surface area contributed by atoms with Gasteiger partial charge in [0, 0.05) is 51.7 Å². The average molecular weight is 544 g/mol. The van der Waals surface area contributed by atoms with Gasteiger partial charge in [-0.3, -0.25) is 9.36 Å². The van der Waals surface area contributed by atoms with E-state index in [2.05, 4.69) is 39.1 Å². The maximum atomic E-state index is 13.9. The Bertz CT molecular complexity index is 1470. The molecule has 0 bridgehead atoms. The van der Waals surface area contributed by atoms with E-state index < -0.39 is 12.7 Å². The standard InChI is InChI=1S/C26H32F3N9O/c1-17-15-34(2)11-12-36(17)21-14-18(19-7-9-30-35(19)3)32-24-23(33-37(25(21)24)16-26(27,28)29)20-8-10-31-38(20)22-6-4-5-13-39-22/h7-10,14,17,22H,4-6,11-13,15-16H2,1-3H3/t17-,22?/m1/s1. The summed E-state index contributed by atoms with van der Waals surface area (Å²) in [5.74, 6) is 0. The van der Waals surface area contributed by atoms with E-state index >= 15 is 0 Å². The number of anilines is 1. The molecule has 0 aliphatic carbocycles. The van der Waals surface area contributed by atoms with Crippen LogP contribution < -0.4 is 4.90 Å². The van der Waals surface area contributed by atoms with Crippen LogP contribution in [0.1, 0.15) is 32.4 Å². The number of likely N-dealkylation sites (N-methyl/N-ethyl adjacent to an activating group) is 1. The number of hydrogen-bond donors (Lipinski definition) is 0. The molecule has 1 unspecified atom stereocenters. The van der Waals surface area contributed by atoms with Gasteiger partial charge in [0.1, 0.15) is 23.3 Å². The lowest BCUT2D eigenvalue weighted by Crippen LogP contribution is -2.50. The van der Waals surface area contributed by atoms with Gasteiger partial charge in [-0.2, -0.15) is 28.5 Å². The van der Waals surface area contributed by atoms with Crippen LogP contribution in [0.2, 0.25) is 0 Å². The molecule has 2 aliphatic rings. The van der Waals surface area contributed by atoms with E-state index in [0.717, 1.165) is 42.7 Å². The number of fused-ring (bicyclic) bond motifs is 1. The van der Waals surface area contributed by atoms with E-state index in [1.165, 1.54) is 0 Å². The molecule has 10 nitrogen and oxygen atoms in total. The van der Waals surface area contributed by atoms with E-state index in [4.69, 9.17) is 9.72 Å². The van der Waals surface area contributed by atoms with Gasteiger partial charge in [0.15, 0.2) is 6.23 Å². The predicted octanol–water partition coefficient (Wildman–Crippen LogP) is 4.10. The monoisotopic (exact) mass is 543 g/mol. The minimum absolute atomic E-state index is 0.0765. The topological polar surface area (TPSA) is 82.1 Å². The highest BCUT2D eigenvalue weighted by Gasteiger charge is 2.34. The molecule has 0 radical (unpaired) electrons. The summed E-state index contributed by atoms with van der Waals surface area (Å²) in [5, 5.41) is 13.4. The fourth-order valence-electron chi connectivity index (χ4n) is 5.74. The number of aromatic nitrogens is 7. The summed E-state index contributed by atoms with van der Waals surface area (Å²) < 4.78 is 52.2. The molecule has 4 aromatic rings. The lowest BCUT2D eigenvalue weighted by Gasteiger charge is -2.40. The minimum atomic E-state index is -4.46. The van der Waals surface area contributed by atoms with Gasteiger partial charge in [-0.1, -0.05) is 0 Å². The Morgan fingerprint density at radius 2 is 1.85 bits per heavy atom. The molecule has 39 heavy (non-hydrogen) atoms. The van der Waals surface area contributed by atoms with Crippen molar-refractivity contribution in [1.82, 2.24) is 39.2 Å². The zero-order chi connectivity index (χ0) is 27.3. The normalized spacial score (nSPS) is 21.2. The fourth-order valence-corrected chi connectivity index (χ4v) is 5.74. The molecule has 0 N–H and O–H groups in total. The molecule has 6 heterocycles. The predicted molar refractivity (Wildman–Crippen MR) is 140 cm³/mol. The van der Waals surface area contributed by atoms with Crippen LogP contribution >= 0.6 is 0 Å². The Balaban J connectivity index is 1.61. The molecular formula is C26H32F3N9O. The fraction of sp³-hybridized carbons (Fsp3) is 0.538. The molecule has 2 fully saturated rings. The third kappa shape index (κ3) is 4.89. The Kier molecular flexibility index (Phi) is 6.58. The van der Waals surface area contributed by atoms with Crippen LogP contribution in [-0.4, -0.2) is 84.7 Å². The molecule has 0 saturated carbocycles. The number of piperazine rings is 1. The van der Waals surface area contributed by atoms with Gasteiger partial charge in [-0.05, 0) is 51.4 Å². The van der Waals surface area contributed by atoms with Gasteiger partial charge >= 0.3 is 6.18 Å². The first-order chi connectivity index (χ1) is 18.7. The van der Waals surface area contributed by atoms with Crippen LogP contribution in [0.3, 0.4) is 0 Å². The number of ether oxygens (including phenoxy) is 1. The number of pyridine rings is 1. The SMILES string of the molecule is C[C@@H]1CN(C)CCN1c1cc(-c2ccnn2C)nc2c(-c3ccnn3C3CCCCO3)nn(CC(F)(F)F)c12. The van der Waals surface area contributed by atoms with Crippen LogP contribution in [0.5, 0.6) is 0 Å². The van der Waals surface area contributed by atoms with Crippen molar-refractivity contribution >= 4 is 16.7 Å². The Morgan fingerprint density at radius 3 is 2.54 bits per heavy atom. The second kappa shape index (κ2) is 9.94. The number of hydrogen-bond acceptors (Lipinski definition) is 7. The Morgan fingerprint density at radius 1 is 1.05 bits per heavy atom. The number of aryl methyl sites for hydroxylation is 1. The molecule has 4 aromatic heterocycles. The molecule has 0 spiro atoms. The van der Waals surface area contributed by atoms with Crippen LogP contribution in [0.25, 0.3) is 33.8 Å². The van der Waals surface area contributed by atoms with Gasteiger partial charge in [0.2, 0.25) is 0 Å². The number of nitrogens with zero attached hydrogens (tertiary/aromatic N) is 9. The van der Waals surface area contributed by atoms with E-state index in [-0.39, 0.29) is 12.3 Å². The molecule has 0 aromatic carbocycles. The molecule has 2 saturated heterocycles. The highest BCUT2D eigenvalue weighted by Crippen LogP contribution is 2.39. The van der Waals surface area contributed by atoms with E-state index in [1.807, 2.05) is 19.2 Å². The first-order valence-electron chi connectivity index (χ1n) is 13.3. The van der Waals surface area contributed by atoms with Gasteiger partial charge in [-0.25, -0.2) is 9.67 Å². The van der Waals surface area contributed by atoms with Gasteiger partial charge < -0.3 is 14.5 Å². The van der Waals surface area contributed by atoms with Crippen LogP contribution in [-0.2, 0) is 18.3 Å². The summed E-state index contributed by atoms with van der Waals surface area (Å²) >= 11 is 0. The molecule has 0 amide bonds. The van der Waals surface area contributed by atoms with E-state index in [0.29, 0.717) is 47.0 Å². The Labute approximate surface area is 223 Å². The zero-order valence-corrected chi connectivity index (χ0v) is 22.3. The van der Waals surface area contributed by atoms with Gasteiger partial charge in [-0.15, -0.1) is 0 Å². The maximum absolute atomic E-state index is 13.9. The summed E-state index contributed by atoms with van der Waals surface area (Å²) in [4.78, 5) is 9.33. The summed E-state index contributed by atoms with van der Waals surface area (Å²) in [7, 11) is 3.88. The van der Waals surface area contributed by atoms with E-state index in [1.54, 1.807) is 27.8 Å². The second-order valence-electron chi connectivity index (χ2n) is 10.5. The zero-order valence-electron chi connectivity index (χ0n) is 22.3. The largest absolute Gasteiger partial charge is 0.408 e. The minimum Gasteiger partial charge on any atom is -0.364 e. The van der Waals surface area contributed by atoms with Crippen molar-refractivity contribution in [3.63, 3.8) is 0 Å². The summed E-state index contributed by atoms with van der Waals surface area (Å²) in [6, 6.07) is 5.58. The van der Waals surface area contributed by atoms with Crippen molar-refractivity contribution in [2.45, 2.75) is 51.2 Å². The summed E-state index contributed by atoms with van der Waals surface area (Å²) in [6.07, 6.45) is 1.28. The average Bonchev–Trinajstić information content (AvgIpc) is 3.62.